The van der Waals surface area contributed by atoms with Gasteiger partial charge in [0.05, 0.1) is 12.5 Å². The number of benzene rings is 1. The van der Waals surface area contributed by atoms with Crippen LogP contribution in [0, 0.1) is 5.82 Å². The molecule has 0 aliphatic heterocycles. The molecule has 0 radical (unpaired) electrons. The third kappa shape index (κ3) is 2.33. The highest BCUT2D eigenvalue weighted by atomic mass is 32.2. The first-order chi connectivity index (χ1) is 10.1. The maximum absolute atomic E-state index is 13.9. The first-order valence-electron chi connectivity index (χ1n) is 6.21. The average Bonchev–Trinajstić information content (AvgIpc) is 2.83. The third-order valence-electron chi connectivity index (χ3n) is 3.17. The lowest BCUT2D eigenvalue weighted by molar-refractivity contribution is 0.386. The van der Waals surface area contributed by atoms with Crippen LogP contribution in [0.4, 0.5) is 4.39 Å². The van der Waals surface area contributed by atoms with E-state index in [2.05, 4.69) is 15.1 Å². The van der Waals surface area contributed by atoms with Crippen LogP contribution in [-0.2, 0) is 7.05 Å². The molecule has 0 saturated heterocycles. The molecule has 2 heterocycles. The minimum Gasteiger partial charge on any atom is -0.494 e. The second kappa shape index (κ2) is 5.33. The Hall–Kier alpha value is -2.15. The summed E-state index contributed by atoms with van der Waals surface area (Å²) >= 11 is 1.46. The van der Waals surface area contributed by atoms with E-state index in [1.807, 2.05) is 13.3 Å². The molecule has 0 atom stereocenters. The number of rotatable bonds is 3. The van der Waals surface area contributed by atoms with Crippen LogP contribution in [-0.4, -0.2) is 33.1 Å². The Morgan fingerprint density at radius 1 is 1.33 bits per heavy atom. The molecule has 108 valence electrons. The normalized spacial score (nSPS) is 11.0. The minimum atomic E-state index is -0.421. The van der Waals surface area contributed by atoms with Crippen molar-refractivity contribution in [1.82, 2.24) is 19.7 Å². The van der Waals surface area contributed by atoms with Gasteiger partial charge in [-0.05, 0) is 24.5 Å². The van der Waals surface area contributed by atoms with Crippen molar-refractivity contribution in [1.29, 1.82) is 0 Å². The molecule has 0 aliphatic carbocycles. The van der Waals surface area contributed by atoms with Gasteiger partial charge in [0, 0.05) is 18.8 Å². The molecular weight excluding hydrogens is 291 g/mol. The van der Waals surface area contributed by atoms with Crippen LogP contribution in [0.1, 0.15) is 0 Å². The summed E-state index contributed by atoms with van der Waals surface area (Å²) < 4.78 is 20.5. The van der Waals surface area contributed by atoms with Crippen LogP contribution in [0.3, 0.4) is 0 Å². The summed E-state index contributed by atoms with van der Waals surface area (Å²) in [5.41, 5.74) is 2.04. The quantitative estimate of drug-likeness (QED) is 0.550. The van der Waals surface area contributed by atoms with E-state index >= 15 is 0 Å². The maximum Gasteiger partial charge on any atom is 0.189 e. The molecule has 0 saturated carbocycles. The lowest BCUT2D eigenvalue weighted by atomic mass is 10.1. The number of ether oxygens (including phenoxy) is 1. The van der Waals surface area contributed by atoms with Gasteiger partial charge in [-0.2, -0.15) is 5.10 Å². The summed E-state index contributed by atoms with van der Waals surface area (Å²) in [5.74, 6) is -0.213. The lowest BCUT2D eigenvalue weighted by Crippen LogP contribution is -1.93. The van der Waals surface area contributed by atoms with Crippen molar-refractivity contribution in [2.24, 2.45) is 7.05 Å². The molecule has 2 aromatic heterocycles. The molecule has 3 aromatic rings. The molecule has 0 bridgehead atoms. The second-order valence-corrected chi connectivity index (χ2v) is 5.19. The van der Waals surface area contributed by atoms with Gasteiger partial charge in [-0.3, -0.25) is 0 Å². The molecule has 0 spiro atoms. The minimum absolute atomic E-state index is 0.208. The fourth-order valence-corrected chi connectivity index (χ4v) is 2.48. The number of methoxy groups -OCH3 is 1. The predicted molar refractivity (Wildman–Crippen MR) is 80.0 cm³/mol. The number of thioether (sulfide) groups is 1. The van der Waals surface area contributed by atoms with Gasteiger partial charge in [-0.25, -0.2) is 19.0 Å². The van der Waals surface area contributed by atoms with E-state index in [1.54, 1.807) is 23.0 Å². The lowest BCUT2D eigenvalue weighted by Gasteiger charge is -2.03. The van der Waals surface area contributed by atoms with Crippen LogP contribution >= 0.6 is 11.8 Å². The highest BCUT2D eigenvalue weighted by molar-refractivity contribution is 7.98. The van der Waals surface area contributed by atoms with Gasteiger partial charge in [0.25, 0.3) is 0 Å². The van der Waals surface area contributed by atoms with E-state index in [0.29, 0.717) is 16.4 Å². The average molecular weight is 304 g/mol. The van der Waals surface area contributed by atoms with Gasteiger partial charge >= 0.3 is 0 Å². The monoisotopic (exact) mass is 304 g/mol. The van der Waals surface area contributed by atoms with Crippen molar-refractivity contribution in [3.05, 3.63) is 30.2 Å². The van der Waals surface area contributed by atoms with Crippen LogP contribution in [0.5, 0.6) is 5.75 Å². The van der Waals surface area contributed by atoms with Crippen LogP contribution in [0.2, 0.25) is 0 Å². The first kappa shape index (κ1) is 13.8. The molecular formula is C14H13FN4OS. The van der Waals surface area contributed by atoms with E-state index in [1.165, 1.54) is 24.9 Å². The summed E-state index contributed by atoms with van der Waals surface area (Å²) in [6, 6.07) is 4.76. The second-order valence-electron chi connectivity index (χ2n) is 4.42. The molecule has 21 heavy (non-hydrogen) atoms. The van der Waals surface area contributed by atoms with Gasteiger partial charge in [0.1, 0.15) is 5.69 Å². The van der Waals surface area contributed by atoms with E-state index in [0.717, 1.165) is 11.0 Å². The third-order valence-corrected chi connectivity index (χ3v) is 3.73. The van der Waals surface area contributed by atoms with Gasteiger partial charge in [-0.15, -0.1) is 0 Å². The maximum atomic E-state index is 13.9. The van der Waals surface area contributed by atoms with Crippen LogP contribution < -0.4 is 4.74 Å². The molecule has 0 aliphatic rings. The van der Waals surface area contributed by atoms with Gasteiger partial charge in [0.15, 0.2) is 22.4 Å². The van der Waals surface area contributed by atoms with Gasteiger partial charge in [-0.1, -0.05) is 11.8 Å². The molecule has 0 amide bonds. The number of aromatic nitrogens is 4. The summed E-state index contributed by atoms with van der Waals surface area (Å²) in [6.07, 6.45) is 3.63. The Bertz CT molecular complexity index is 818. The number of hydrogen-bond acceptors (Lipinski definition) is 5. The number of halogens is 1. The van der Waals surface area contributed by atoms with Crippen molar-refractivity contribution < 1.29 is 9.13 Å². The largest absolute Gasteiger partial charge is 0.494 e. The zero-order valence-electron chi connectivity index (χ0n) is 11.8. The number of aryl methyl sites for hydroxylation is 1. The van der Waals surface area contributed by atoms with E-state index < -0.39 is 5.82 Å². The first-order valence-corrected chi connectivity index (χ1v) is 7.44. The molecule has 0 fully saturated rings. The van der Waals surface area contributed by atoms with Gasteiger partial charge in [0.2, 0.25) is 0 Å². The van der Waals surface area contributed by atoms with E-state index in [4.69, 9.17) is 4.74 Å². The molecule has 7 heteroatoms. The van der Waals surface area contributed by atoms with Crippen molar-refractivity contribution in [2.45, 2.75) is 5.16 Å². The van der Waals surface area contributed by atoms with Crippen LogP contribution in [0.25, 0.3) is 22.3 Å². The Labute approximate surface area is 125 Å². The smallest absolute Gasteiger partial charge is 0.189 e. The topological polar surface area (TPSA) is 52.8 Å². The SMILES string of the molecule is COc1ccc(-c2nn(C)c3nc(SC)ncc23)cc1F. The Balaban J connectivity index is 2.19. The van der Waals surface area contributed by atoms with Crippen LogP contribution in [0.15, 0.2) is 29.6 Å². The predicted octanol–water partition coefficient (Wildman–Crippen LogP) is 2.90. The van der Waals surface area contributed by atoms with Crippen molar-refractivity contribution in [3.63, 3.8) is 0 Å². The zero-order valence-corrected chi connectivity index (χ0v) is 12.6. The summed E-state index contributed by atoms with van der Waals surface area (Å²) in [4.78, 5) is 8.69. The van der Waals surface area contributed by atoms with E-state index in [-0.39, 0.29) is 5.75 Å². The number of hydrogen-bond donors (Lipinski definition) is 0. The van der Waals surface area contributed by atoms with Gasteiger partial charge < -0.3 is 4.74 Å². The Kier molecular flexibility index (Phi) is 3.50. The highest BCUT2D eigenvalue weighted by Gasteiger charge is 2.15. The van der Waals surface area contributed by atoms with Crippen molar-refractivity contribution in [2.75, 3.05) is 13.4 Å². The van der Waals surface area contributed by atoms with Crippen molar-refractivity contribution in [3.8, 4) is 17.0 Å². The zero-order chi connectivity index (χ0) is 15.0. The fourth-order valence-electron chi connectivity index (χ4n) is 2.15. The molecule has 5 nitrogen and oxygen atoms in total. The summed E-state index contributed by atoms with van der Waals surface area (Å²) in [7, 11) is 3.24. The molecule has 1 aromatic carbocycles. The summed E-state index contributed by atoms with van der Waals surface area (Å²) in [6.45, 7) is 0. The molecule has 0 N–H and O–H groups in total. The summed E-state index contributed by atoms with van der Waals surface area (Å²) in [5, 5.41) is 5.90. The fraction of sp³-hybridized carbons (Fsp3) is 0.214. The molecule has 0 unspecified atom stereocenters. The standard InChI is InChI=1S/C14H13FN4OS/c1-19-13-9(7-16-14(17-13)21-3)12(18-19)8-4-5-11(20-2)10(15)6-8/h4-7H,1-3H3. The van der Waals surface area contributed by atoms with Crippen molar-refractivity contribution >= 4 is 22.8 Å². The number of nitrogens with zero attached hydrogens (tertiary/aromatic N) is 4. The highest BCUT2D eigenvalue weighted by Crippen LogP contribution is 2.30. The Morgan fingerprint density at radius 3 is 2.81 bits per heavy atom. The van der Waals surface area contributed by atoms with E-state index in [9.17, 15) is 4.39 Å². The molecule has 3 rings (SSSR count). The number of fused-ring (bicyclic) bond motifs is 1. The Morgan fingerprint density at radius 2 is 2.14 bits per heavy atom.